The summed E-state index contributed by atoms with van der Waals surface area (Å²) in [5, 5.41) is 4.32. The van der Waals surface area contributed by atoms with E-state index < -0.39 is 8.07 Å². The molecular weight excluding hydrogens is 416 g/mol. The molecule has 0 N–H and O–H groups in total. The Morgan fingerprint density at radius 3 is 1.64 bits per heavy atom. The normalized spacial score (nSPS) is 12.7. The van der Waals surface area contributed by atoms with Gasteiger partial charge in [-0.2, -0.15) is 0 Å². The molecule has 33 heavy (non-hydrogen) atoms. The van der Waals surface area contributed by atoms with Gasteiger partial charge in [-0.15, -0.1) is 0 Å². The molecule has 0 saturated carbocycles. The molecule has 0 aliphatic carbocycles. The maximum absolute atomic E-state index is 4.39. The van der Waals surface area contributed by atoms with Crippen LogP contribution in [-0.2, 0) is 17.0 Å². The molecule has 0 amide bonds. The number of nitrogens with zero attached hydrogens (tertiary/aromatic N) is 2. The first-order valence-electron chi connectivity index (χ1n) is 11.8. The van der Waals surface area contributed by atoms with E-state index in [2.05, 4.69) is 136 Å². The highest BCUT2D eigenvalue weighted by Crippen LogP contribution is 2.24. The van der Waals surface area contributed by atoms with Crippen LogP contribution < -0.4 is 15.6 Å². The SMILES string of the molecule is CC(C)(C)c1cccc([Si](Cn2ccnc2)(c2ccccc2)c2cccc(C(C)(C)C)c2)c1. The van der Waals surface area contributed by atoms with Gasteiger partial charge in [0.05, 0.1) is 6.33 Å². The van der Waals surface area contributed by atoms with Crippen molar-refractivity contribution >= 4 is 23.6 Å². The van der Waals surface area contributed by atoms with Gasteiger partial charge >= 0.3 is 0 Å². The Balaban J connectivity index is 2.06. The molecule has 1 heterocycles. The molecule has 0 atom stereocenters. The zero-order chi connectivity index (χ0) is 23.7. The summed E-state index contributed by atoms with van der Waals surface area (Å²) < 4.78 is 2.27. The van der Waals surface area contributed by atoms with Crippen LogP contribution in [0.2, 0.25) is 0 Å². The van der Waals surface area contributed by atoms with Gasteiger partial charge in [-0.05, 0) is 37.5 Å². The average Bonchev–Trinajstić information content (AvgIpc) is 3.30. The van der Waals surface area contributed by atoms with Crippen LogP contribution in [0.15, 0.2) is 97.6 Å². The lowest BCUT2D eigenvalue weighted by molar-refractivity contribution is 0.590. The predicted molar refractivity (Wildman–Crippen MR) is 144 cm³/mol. The lowest BCUT2D eigenvalue weighted by Crippen LogP contribution is -2.70. The van der Waals surface area contributed by atoms with Crippen molar-refractivity contribution in [3.8, 4) is 0 Å². The van der Waals surface area contributed by atoms with Gasteiger partial charge in [0.2, 0.25) is 0 Å². The van der Waals surface area contributed by atoms with Crippen LogP contribution in [0.25, 0.3) is 0 Å². The van der Waals surface area contributed by atoms with Crippen molar-refractivity contribution in [1.29, 1.82) is 0 Å². The highest BCUT2D eigenvalue weighted by atomic mass is 28.3. The minimum Gasteiger partial charge on any atom is -0.339 e. The minimum absolute atomic E-state index is 0.0924. The largest absolute Gasteiger partial charge is 0.339 e. The first kappa shape index (κ1) is 23.3. The van der Waals surface area contributed by atoms with Crippen molar-refractivity contribution in [2.75, 3.05) is 0 Å². The number of aromatic nitrogens is 2. The molecule has 0 aliphatic heterocycles. The molecule has 0 radical (unpaired) electrons. The standard InChI is InChI=1S/C30H36N2Si/c1-29(2,3)24-12-10-16-27(20-24)33(23-32-19-18-31-22-32,26-14-8-7-9-15-26)28-17-11-13-25(21-28)30(4,5)6/h7-22H,23H2,1-6H3. The number of hydrogen-bond acceptors (Lipinski definition) is 1. The van der Waals surface area contributed by atoms with Gasteiger partial charge in [0, 0.05) is 18.6 Å². The summed E-state index contributed by atoms with van der Waals surface area (Å²) in [7, 11) is -2.43. The Kier molecular flexibility index (Phi) is 6.19. The second kappa shape index (κ2) is 8.79. The molecule has 0 fully saturated rings. The molecule has 4 aromatic rings. The quantitative estimate of drug-likeness (QED) is 0.301. The van der Waals surface area contributed by atoms with Crippen molar-refractivity contribution in [2.45, 2.75) is 58.5 Å². The van der Waals surface area contributed by atoms with Crippen molar-refractivity contribution in [3.05, 3.63) is 109 Å². The van der Waals surface area contributed by atoms with Crippen molar-refractivity contribution in [3.63, 3.8) is 0 Å². The lowest BCUT2D eigenvalue weighted by atomic mass is 9.87. The van der Waals surface area contributed by atoms with E-state index in [0.29, 0.717) is 0 Å². The van der Waals surface area contributed by atoms with E-state index in [9.17, 15) is 0 Å². The third kappa shape index (κ3) is 4.74. The van der Waals surface area contributed by atoms with E-state index in [4.69, 9.17) is 0 Å². The molecule has 0 spiro atoms. The molecule has 0 aliphatic rings. The fraction of sp³-hybridized carbons (Fsp3) is 0.300. The smallest absolute Gasteiger partial charge is 0.168 e. The van der Waals surface area contributed by atoms with E-state index in [1.165, 1.54) is 26.7 Å². The Bertz CT molecular complexity index is 1140. The van der Waals surface area contributed by atoms with Crippen LogP contribution in [0.5, 0.6) is 0 Å². The van der Waals surface area contributed by atoms with Crippen molar-refractivity contribution in [1.82, 2.24) is 9.55 Å². The number of hydrogen-bond donors (Lipinski definition) is 0. The van der Waals surface area contributed by atoms with Gasteiger partial charge in [0.25, 0.3) is 0 Å². The molecular formula is C30H36N2Si. The predicted octanol–water partition coefficient (Wildman–Crippen LogP) is 5.19. The van der Waals surface area contributed by atoms with Gasteiger partial charge in [-0.25, -0.2) is 4.98 Å². The monoisotopic (exact) mass is 452 g/mol. The number of imidazole rings is 1. The van der Waals surface area contributed by atoms with Crippen LogP contribution in [0.1, 0.15) is 52.7 Å². The lowest BCUT2D eigenvalue weighted by Gasteiger charge is -2.36. The highest BCUT2D eigenvalue weighted by Gasteiger charge is 2.41. The molecule has 4 rings (SSSR count). The van der Waals surface area contributed by atoms with E-state index >= 15 is 0 Å². The summed E-state index contributed by atoms with van der Waals surface area (Å²) in [4.78, 5) is 4.39. The molecule has 0 saturated heterocycles. The zero-order valence-corrected chi connectivity index (χ0v) is 21.8. The van der Waals surface area contributed by atoms with Crippen LogP contribution in [0.3, 0.4) is 0 Å². The van der Waals surface area contributed by atoms with Crippen LogP contribution in [0, 0.1) is 0 Å². The third-order valence-electron chi connectivity index (χ3n) is 6.69. The Hall–Kier alpha value is -2.91. The van der Waals surface area contributed by atoms with Crippen molar-refractivity contribution < 1.29 is 0 Å². The number of rotatable bonds is 5. The molecule has 1 aromatic heterocycles. The van der Waals surface area contributed by atoms with Gasteiger partial charge in [0.15, 0.2) is 8.07 Å². The van der Waals surface area contributed by atoms with E-state index in [1.54, 1.807) is 0 Å². The summed E-state index contributed by atoms with van der Waals surface area (Å²) in [5.41, 5.74) is 2.94. The minimum atomic E-state index is -2.43. The summed E-state index contributed by atoms with van der Waals surface area (Å²) in [6.07, 6.45) is 6.87. The first-order valence-corrected chi connectivity index (χ1v) is 14.0. The fourth-order valence-corrected chi connectivity index (χ4v) is 9.26. The highest BCUT2D eigenvalue weighted by molar-refractivity contribution is 7.10. The van der Waals surface area contributed by atoms with E-state index in [-0.39, 0.29) is 10.8 Å². The molecule has 3 aromatic carbocycles. The van der Waals surface area contributed by atoms with E-state index in [1.807, 2.05) is 12.5 Å². The third-order valence-corrected chi connectivity index (χ3v) is 11.4. The van der Waals surface area contributed by atoms with E-state index in [0.717, 1.165) is 6.17 Å². The molecule has 2 nitrogen and oxygen atoms in total. The molecule has 170 valence electrons. The molecule has 3 heteroatoms. The maximum Gasteiger partial charge on any atom is 0.168 e. The van der Waals surface area contributed by atoms with Crippen LogP contribution in [-0.4, -0.2) is 17.6 Å². The summed E-state index contributed by atoms with van der Waals surface area (Å²) in [6, 6.07) is 29.9. The maximum atomic E-state index is 4.39. The second-order valence-corrected chi connectivity index (χ2v) is 15.0. The summed E-state index contributed by atoms with van der Waals surface area (Å²) in [6.45, 7) is 13.8. The topological polar surface area (TPSA) is 17.8 Å². The molecule has 0 bridgehead atoms. The second-order valence-electron chi connectivity index (χ2n) is 11.2. The zero-order valence-electron chi connectivity index (χ0n) is 20.8. The number of benzene rings is 3. The average molecular weight is 453 g/mol. The first-order chi connectivity index (χ1) is 15.6. The van der Waals surface area contributed by atoms with Crippen LogP contribution >= 0.6 is 0 Å². The summed E-state index contributed by atoms with van der Waals surface area (Å²) in [5.74, 6) is 0. The van der Waals surface area contributed by atoms with Crippen molar-refractivity contribution in [2.24, 2.45) is 0 Å². The van der Waals surface area contributed by atoms with Crippen LogP contribution in [0.4, 0.5) is 0 Å². The fourth-order valence-electron chi connectivity index (χ4n) is 4.65. The van der Waals surface area contributed by atoms with Gasteiger partial charge in [-0.3, -0.25) is 0 Å². The Labute approximate surface area is 200 Å². The van der Waals surface area contributed by atoms with Gasteiger partial charge in [0.1, 0.15) is 0 Å². The van der Waals surface area contributed by atoms with Gasteiger partial charge < -0.3 is 4.57 Å². The Morgan fingerprint density at radius 2 is 1.18 bits per heavy atom. The summed E-state index contributed by atoms with van der Waals surface area (Å²) >= 11 is 0. The molecule has 0 unspecified atom stereocenters. The Morgan fingerprint density at radius 1 is 0.667 bits per heavy atom. The van der Waals surface area contributed by atoms with Gasteiger partial charge in [-0.1, -0.05) is 120 Å².